The molecule has 0 aliphatic carbocycles. The van der Waals surface area contributed by atoms with Crippen molar-refractivity contribution < 1.29 is 4.52 Å². The Kier molecular flexibility index (Phi) is 4.63. The molecule has 2 aliphatic rings. The number of aryl methyl sites for hydroxylation is 1. The fourth-order valence-electron chi connectivity index (χ4n) is 4.36. The van der Waals surface area contributed by atoms with Gasteiger partial charge in [0.2, 0.25) is 5.89 Å². The Morgan fingerprint density at radius 2 is 1.67 bits per heavy atom. The van der Waals surface area contributed by atoms with E-state index in [1.54, 1.807) is 0 Å². The van der Waals surface area contributed by atoms with Crippen LogP contribution in [0.25, 0.3) is 0 Å². The van der Waals surface area contributed by atoms with Gasteiger partial charge in [-0.2, -0.15) is 4.98 Å². The van der Waals surface area contributed by atoms with Gasteiger partial charge < -0.3 is 4.52 Å². The topological polar surface area (TPSA) is 45.4 Å². The minimum absolute atomic E-state index is 0.614. The maximum Gasteiger partial charge on any atom is 0.240 e. The number of rotatable bonds is 5. The Balaban J connectivity index is 1.44. The molecule has 128 valence electrons. The maximum atomic E-state index is 5.34. The number of hydrogen-bond donors (Lipinski definition) is 0. The SMILES string of the molecule is Cc1noc(CN2CCC[C@@H]2[C@H]2CCCN2Cc2ccccc2)n1. The lowest BCUT2D eigenvalue weighted by Gasteiger charge is -2.34. The van der Waals surface area contributed by atoms with Crippen LogP contribution in [0.3, 0.4) is 0 Å². The van der Waals surface area contributed by atoms with Crippen LogP contribution in [-0.2, 0) is 13.1 Å². The summed E-state index contributed by atoms with van der Waals surface area (Å²) in [5.41, 5.74) is 1.42. The van der Waals surface area contributed by atoms with Crippen molar-refractivity contribution in [2.45, 2.75) is 57.8 Å². The summed E-state index contributed by atoms with van der Waals surface area (Å²) in [6.07, 6.45) is 5.16. The van der Waals surface area contributed by atoms with Gasteiger partial charge in [0.1, 0.15) is 0 Å². The second kappa shape index (κ2) is 7.03. The first-order valence-electron chi connectivity index (χ1n) is 9.11. The van der Waals surface area contributed by atoms with Crippen LogP contribution >= 0.6 is 0 Å². The van der Waals surface area contributed by atoms with Gasteiger partial charge >= 0.3 is 0 Å². The van der Waals surface area contributed by atoms with Crippen molar-refractivity contribution >= 4 is 0 Å². The largest absolute Gasteiger partial charge is 0.338 e. The summed E-state index contributed by atoms with van der Waals surface area (Å²) in [6, 6.07) is 12.1. The molecule has 24 heavy (non-hydrogen) atoms. The normalized spacial score (nSPS) is 25.5. The molecule has 2 aliphatic heterocycles. The van der Waals surface area contributed by atoms with Gasteiger partial charge in [0.15, 0.2) is 5.82 Å². The van der Waals surface area contributed by atoms with E-state index in [2.05, 4.69) is 50.3 Å². The molecule has 3 heterocycles. The highest BCUT2D eigenvalue weighted by Crippen LogP contribution is 2.31. The van der Waals surface area contributed by atoms with Crippen LogP contribution in [0.15, 0.2) is 34.9 Å². The summed E-state index contributed by atoms with van der Waals surface area (Å²) >= 11 is 0. The second-order valence-corrected chi connectivity index (χ2v) is 7.08. The van der Waals surface area contributed by atoms with Crippen LogP contribution in [0.4, 0.5) is 0 Å². The Hall–Kier alpha value is -1.72. The van der Waals surface area contributed by atoms with Crippen molar-refractivity contribution in [1.82, 2.24) is 19.9 Å². The molecule has 5 heteroatoms. The average Bonchev–Trinajstić information content (AvgIpc) is 3.31. The van der Waals surface area contributed by atoms with E-state index in [1.807, 2.05) is 6.92 Å². The van der Waals surface area contributed by atoms with E-state index in [-0.39, 0.29) is 0 Å². The maximum absolute atomic E-state index is 5.34. The van der Waals surface area contributed by atoms with Gasteiger partial charge in [-0.05, 0) is 51.3 Å². The highest BCUT2D eigenvalue weighted by molar-refractivity contribution is 5.15. The number of likely N-dealkylation sites (tertiary alicyclic amines) is 2. The van der Waals surface area contributed by atoms with Gasteiger partial charge in [-0.3, -0.25) is 9.80 Å². The highest BCUT2D eigenvalue weighted by atomic mass is 16.5. The Morgan fingerprint density at radius 1 is 1.00 bits per heavy atom. The van der Waals surface area contributed by atoms with Gasteiger partial charge in [0, 0.05) is 18.6 Å². The van der Waals surface area contributed by atoms with Gasteiger partial charge in [0.05, 0.1) is 6.54 Å². The smallest absolute Gasteiger partial charge is 0.240 e. The fourth-order valence-corrected chi connectivity index (χ4v) is 4.36. The zero-order valence-electron chi connectivity index (χ0n) is 14.4. The Bertz CT molecular complexity index is 656. The predicted octanol–water partition coefficient (Wildman–Crippen LogP) is 3.01. The average molecular weight is 326 g/mol. The van der Waals surface area contributed by atoms with Gasteiger partial charge in [-0.25, -0.2) is 0 Å². The van der Waals surface area contributed by atoms with Gasteiger partial charge in [-0.1, -0.05) is 35.5 Å². The van der Waals surface area contributed by atoms with Crippen LogP contribution < -0.4 is 0 Å². The molecule has 0 saturated carbocycles. The molecule has 4 rings (SSSR count). The molecule has 2 aromatic rings. The minimum Gasteiger partial charge on any atom is -0.338 e. The second-order valence-electron chi connectivity index (χ2n) is 7.08. The van der Waals surface area contributed by atoms with Crippen LogP contribution in [0.1, 0.15) is 43.0 Å². The number of nitrogens with zero attached hydrogens (tertiary/aromatic N) is 4. The van der Waals surface area contributed by atoms with E-state index in [0.717, 1.165) is 31.3 Å². The predicted molar refractivity (Wildman–Crippen MR) is 92.3 cm³/mol. The van der Waals surface area contributed by atoms with E-state index in [0.29, 0.717) is 12.1 Å². The van der Waals surface area contributed by atoms with E-state index in [4.69, 9.17) is 4.52 Å². The lowest BCUT2D eigenvalue weighted by Crippen LogP contribution is -2.45. The Labute approximate surface area is 143 Å². The standard InChI is InChI=1S/C19H26N4O/c1-15-20-19(24-21-15)14-23-12-6-10-18(23)17-9-5-11-22(17)13-16-7-3-2-4-8-16/h2-4,7-8,17-18H,5-6,9-14H2,1H3/t17-,18-/m1/s1. The molecule has 1 aromatic heterocycles. The van der Waals surface area contributed by atoms with Crippen molar-refractivity contribution in [3.05, 3.63) is 47.6 Å². The summed E-state index contributed by atoms with van der Waals surface area (Å²) in [5.74, 6) is 1.49. The first kappa shape index (κ1) is 15.8. The van der Waals surface area contributed by atoms with Crippen LogP contribution in [0, 0.1) is 6.92 Å². The molecule has 0 unspecified atom stereocenters. The zero-order chi connectivity index (χ0) is 16.4. The third-order valence-electron chi connectivity index (χ3n) is 5.41. The first-order valence-corrected chi connectivity index (χ1v) is 9.11. The van der Waals surface area contributed by atoms with Crippen LogP contribution in [0.5, 0.6) is 0 Å². The van der Waals surface area contributed by atoms with E-state index in [1.165, 1.54) is 37.8 Å². The zero-order valence-corrected chi connectivity index (χ0v) is 14.4. The molecule has 0 amide bonds. The molecular weight excluding hydrogens is 300 g/mol. The molecule has 2 atom stereocenters. The van der Waals surface area contributed by atoms with E-state index in [9.17, 15) is 0 Å². The minimum atomic E-state index is 0.614. The summed E-state index contributed by atoms with van der Waals surface area (Å²) < 4.78 is 5.34. The molecule has 0 bridgehead atoms. The lowest BCUT2D eigenvalue weighted by atomic mass is 10.0. The first-order chi connectivity index (χ1) is 11.8. The van der Waals surface area contributed by atoms with Crippen molar-refractivity contribution in [2.75, 3.05) is 13.1 Å². The Morgan fingerprint density at radius 3 is 2.29 bits per heavy atom. The number of hydrogen-bond acceptors (Lipinski definition) is 5. The van der Waals surface area contributed by atoms with Gasteiger partial charge in [0.25, 0.3) is 0 Å². The van der Waals surface area contributed by atoms with Crippen LogP contribution in [-0.4, -0.2) is 45.1 Å². The highest BCUT2D eigenvalue weighted by Gasteiger charge is 2.38. The van der Waals surface area contributed by atoms with Crippen molar-refractivity contribution in [3.8, 4) is 0 Å². The van der Waals surface area contributed by atoms with Crippen molar-refractivity contribution in [2.24, 2.45) is 0 Å². The molecule has 5 nitrogen and oxygen atoms in total. The third kappa shape index (κ3) is 3.37. The fraction of sp³-hybridized carbons (Fsp3) is 0.579. The van der Waals surface area contributed by atoms with E-state index < -0.39 is 0 Å². The molecule has 0 N–H and O–H groups in total. The number of benzene rings is 1. The third-order valence-corrected chi connectivity index (χ3v) is 5.41. The summed E-state index contributed by atoms with van der Waals surface area (Å²) in [5, 5.41) is 3.93. The van der Waals surface area contributed by atoms with E-state index >= 15 is 0 Å². The summed E-state index contributed by atoms with van der Waals surface area (Å²) in [4.78, 5) is 9.62. The molecule has 2 fully saturated rings. The van der Waals surface area contributed by atoms with Gasteiger partial charge in [-0.15, -0.1) is 0 Å². The van der Waals surface area contributed by atoms with Crippen molar-refractivity contribution in [1.29, 1.82) is 0 Å². The van der Waals surface area contributed by atoms with Crippen molar-refractivity contribution in [3.63, 3.8) is 0 Å². The summed E-state index contributed by atoms with van der Waals surface area (Å²) in [6.45, 7) is 6.09. The molecule has 0 spiro atoms. The molecule has 1 aromatic carbocycles. The van der Waals surface area contributed by atoms with Crippen LogP contribution in [0.2, 0.25) is 0 Å². The number of aromatic nitrogens is 2. The lowest BCUT2D eigenvalue weighted by molar-refractivity contribution is 0.115. The molecular formula is C19H26N4O. The monoisotopic (exact) mass is 326 g/mol. The quantitative estimate of drug-likeness (QED) is 0.845. The summed E-state index contributed by atoms with van der Waals surface area (Å²) in [7, 11) is 0. The molecule has 2 saturated heterocycles. The molecule has 0 radical (unpaired) electrons.